The first-order chi connectivity index (χ1) is 8.20. The Bertz CT molecular complexity index is 364. The molecule has 2 rings (SSSR count). The summed E-state index contributed by atoms with van der Waals surface area (Å²) in [6.07, 6.45) is 4.95. The van der Waals surface area contributed by atoms with Gasteiger partial charge in [-0.1, -0.05) is 31.9 Å². The van der Waals surface area contributed by atoms with Crippen LogP contribution in [0.5, 0.6) is 5.75 Å². The zero-order valence-corrected chi connectivity index (χ0v) is 10.9. The average molecular weight is 233 g/mol. The van der Waals surface area contributed by atoms with Crippen LogP contribution in [0.1, 0.15) is 31.7 Å². The summed E-state index contributed by atoms with van der Waals surface area (Å²) >= 11 is 0. The minimum Gasteiger partial charge on any atom is -0.497 e. The molecule has 0 aromatic heterocycles. The van der Waals surface area contributed by atoms with Gasteiger partial charge in [0.1, 0.15) is 5.75 Å². The van der Waals surface area contributed by atoms with Crippen LogP contribution in [0, 0.1) is 11.8 Å². The molecule has 3 unspecified atom stereocenters. The molecule has 1 aromatic carbocycles. The maximum Gasteiger partial charge on any atom is 0.119 e. The molecule has 3 atom stereocenters. The summed E-state index contributed by atoms with van der Waals surface area (Å²) in [6, 6.07) is 8.55. The lowest BCUT2D eigenvalue weighted by Crippen LogP contribution is -2.33. The van der Waals surface area contributed by atoms with E-state index in [-0.39, 0.29) is 0 Å². The standard InChI is InChI=1S/C15H23NO/c1-11-5-3-8-14(11)15(16)10-12-6-4-7-13(9-12)17-2/h4,6-7,9,11,14-15H,3,5,8,10,16H2,1-2H3. The van der Waals surface area contributed by atoms with Gasteiger partial charge in [-0.05, 0) is 42.4 Å². The minimum atomic E-state index is 0.291. The van der Waals surface area contributed by atoms with E-state index in [9.17, 15) is 0 Å². The van der Waals surface area contributed by atoms with E-state index in [1.807, 2.05) is 12.1 Å². The van der Waals surface area contributed by atoms with E-state index < -0.39 is 0 Å². The fourth-order valence-corrected chi connectivity index (χ4v) is 3.03. The molecular weight excluding hydrogens is 210 g/mol. The Morgan fingerprint density at radius 2 is 2.24 bits per heavy atom. The van der Waals surface area contributed by atoms with Crippen molar-refractivity contribution in [2.24, 2.45) is 17.6 Å². The zero-order chi connectivity index (χ0) is 12.3. The molecule has 1 saturated carbocycles. The largest absolute Gasteiger partial charge is 0.497 e. The fourth-order valence-electron chi connectivity index (χ4n) is 3.03. The van der Waals surface area contributed by atoms with E-state index in [4.69, 9.17) is 10.5 Å². The van der Waals surface area contributed by atoms with Crippen LogP contribution in [0.4, 0.5) is 0 Å². The first kappa shape index (κ1) is 12.4. The summed E-state index contributed by atoms with van der Waals surface area (Å²) in [7, 11) is 1.71. The van der Waals surface area contributed by atoms with Crippen molar-refractivity contribution < 1.29 is 4.74 Å². The van der Waals surface area contributed by atoms with Crippen LogP contribution in [0.25, 0.3) is 0 Å². The van der Waals surface area contributed by atoms with Crippen molar-refractivity contribution in [1.29, 1.82) is 0 Å². The van der Waals surface area contributed by atoms with Gasteiger partial charge in [0.15, 0.2) is 0 Å². The number of nitrogens with two attached hydrogens (primary N) is 1. The molecule has 2 N–H and O–H groups in total. The molecule has 0 bridgehead atoms. The van der Waals surface area contributed by atoms with E-state index in [0.717, 1.165) is 18.1 Å². The maximum absolute atomic E-state index is 6.35. The molecule has 2 heteroatoms. The highest BCUT2D eigenvalue weighted by atomic mass is 16.5. The van der Waals surface area contributed by atoms with Gasteiger partial charge in [-0.15, -0.1) is 0 Å². The minimum absolute atomic E-state index is 0.291. The van der Waals surface area contributed by atoms with Crippen LogP contribution in [0.2, 0.25) is 0 Å². The molecule has 0 amide bonds. The van der Waals surface area contributed by atoms with E-state index in [0.29, 0.717) is 12.0 Å². The van der Waals surface area contributed by atoms with Crippen molar-refractivity contribution in [3.8, 4) is 5.75 Å². The third-order valence-corrected chi connectivity index (χ3v) is 4.08. The average Bonchev–Trinajstić information content (AvgIpc) is 2.76. The first-order valence-corrected chi connectivity index (χ1v) is 6.59. The Hall–Kier alpha value is -1.02. The lowest BCUT2D eigenvalue weighted by Gasteiger charge is -2.23. The smallest absolute Gasteiger partial charge is 0.119 e. The van der Waals surface area contributed by atoms with Crippen LogP contribution in [-0.2, 0) is 6.42 Å². The van der Waals surface area contributed by atoms with Crippen molar-refractivity contribution >= 4 is 0 Å². The summed E-state index contributed by atoms with van der Waals surface area (Å²) in [6.45, 7) is 2.34. The van der Waals surface area contributed by atoms with Gasteiger partial charge >= 0.3 is 0 Å². The number of hydrogen-bond acceptors (Lipinski definition) is 2. The molecule has 0 heterocycles. The number of methoxy groups -OCH3 is 1. The van der Waals surface area contributed by atoms with E-state index in [1.165, 1.54) is 24.8 Å². The maximum atomic E-state index is 6.35. The summed E-state index contributed by atoms with van der Waals surface area (Å²) in [4.78, 5) is 0. The molecule has 0 aliphatic heterocycles. The first-order valence-electron chi connectivity index (χ1n) is 6.59. The molecular formula is C15H23NO. The van der Waals surface area contributed by atoms with Gasteiger partial charge in [0.25, 0.3) is 0 Å². The van der Waals surface area contributed by atoms with Crippen LogP contribution >= 0.6 is 0 Å². The number of hydrogen-bond donors (Lipinski definition) is 1. The molecule has 1 aromatic rings. The Labute approximate surface area is 104 Å². The number of rotatable bonds is 4. The quantitative estimate of drug-likeness (QED) is 0.867. The Balaban J connectivity index is 1.99. The number of benzene rings is 1. The summed E-state index contributed by atoms with van der Waals surface area (Å²) in [5.74, 6) is 2.41. The van der Waals surface area contributed by atoms with Gasteiger partial charge in [-0.25, -0.2) is 0 Å². The zero-order valence-electron chi connectivity index (χ0n) is 10.9. The van der Waals surface area contributed by atoms with Crippen molar-refractivity contribution in [2.45, 2.75) is 38.6 Å². The molecule has 0 radical (unpaired) electrons. The van der Waals surface area contributed by atoms with E-state index >= 15 is 0 Å². The van der Waals surface area contributed by atoms with Crippen molar-refractivity contribution in [3.05, 3.63) is 29.8 Å². The van der Waals surface area contributed by atoms with Crippen LogP contribution in [0.15, 0.2) is 24.3 Å². The molecule has 94 valence electrons. The van der Waals surface area contributed by atoms with Crippen molar-refractivity contribution in [3.63, 3.8) is 0 Å². The van der Waals surface area contributed by atoms with Crippen LogP contribution < -0.4 is 10.5 Å². The van der Waals surface area contributed by atoms with Gasteiger partial charge in [-0.2, -0.15) is 0 Å². The number of ether oxygens (including phenoxy) is 1. The summed E-state index contributed by atoms with van der Waals surface area (Å²) in [5.41, 5.74) is 7.64. The van der Waals surface area contributed by atoms with Crippen LogP contribution in [-0.4, -0.2) is 13.2 Å². The van der Waals surface area contributed by atoms with E-state index in [1.54, 1.807) is 7.11 Å². The van der Waals surface area contributed by atoms with Gasteiger partial charge in [-0.3, -0.25) is 0 Å². The Morgan fingerprint density at radius 1 is 1.41 bits per heavy atom. The predicted octanol–water partition coefficient (Wildman–Crippen LogP) is 3.00. The van der Waals surface area contributed by atoms with Gasteiger partial charge < -0.3 is 10.5 Å². The fraction of sp³-hybridized carbons (Fsp3) is 0.600. The predicted molar refractivity (Wildman–Crippen MR) is 71.2 cm³/mol. The lowest BCUT2D eigenvalue weighted by atomic mass is 9.87. The normalized spacial score (nSPS) is 25.8. The third kappa shape index (κ3) is 3.01. The van der Waals surface area contributed by atoms with Gasteiger partial charge in [0, 0.05) is 6.04 Å². The van der Waals surface area contributed by atoms with Gasteiger partial charge in [0.05, 0.1) is 7.11 Å². The highest BCUT2D eigenvalue weighted by molar-refractivity contribution is 5.29. The molecule has 0 spiro atoms. The second-order valence-corrected chi connectivity index (χ2v) is 5.29. The Kier molecular flexibility index (Phi) is 4.06. The highest BCUT2D eigenvalue weighted by Crippen LogP contribution is 2.34. The molecule has 0 saturated heterocycles. The summed E-state index contributed by atoms with van der Waals surface area (Å²) in [5, 5.41) is 0. The second-order valence-electron chi connectivity index (χ2n) is 5.29. The second kappa shape index (κ2) is 5.54. The molecule has 2 nitrogen and oxygen atoms in total. The highest BCUT2D eigenvalue weighted by Gasteiger charge is 2.28. The van der Waals surface area contributed by atoms with Crippen molar-refractivity contribution in [1.82, 2.24) is 0 Å². The van der Waals surface area contributed by atoms with Crippen LogP contribution in [0.3, 0.4) is 0 Å². The topological polar surface area (TPSA) is 35.2 Å². The molecule has 1 aliphatic carbocycles. The van der Waals surface area contributed by atoms with E-state index in [2.05, 4.69) is 19.1 Å². The molecule has 17 heavy (non-hydrogen) atoms. The van der Waals surface area contributed by atoms with Gasteiger partial charge in [0.2, 0.25) is 0 Å². The Morgan fingerprint density at radius 3 is 2.88 bits per heavy atom. The monoisotopic (exact) mass is 233 g/mol. The van der Waals surface area contributed by atoms with Crippen molar-refractivity contribution in [2.75, 3.05) is 7.11 Å². The lowest BCUT2D eigenvalue weighted by molar-refractivity contribution is 0.343. The SMILES string of the molecule is COc1cccc(CC(N)C2CCCC2C)c1. The summed E-state index contributed by atoms with van der Waals surface area (Å²) < 4.78 is 5.24. The molecule has 1 aliphatic rings. The third-order valence-electron chi connectivity index (χ3n) is 4.08. The molecule has 1 fully saturated rings.